The Hall–Kier alpha value is -3.06. The molecule has 4 rings (SSSR count). The number of nitrogens with zero attached hydrogens (tertiary/aromatic N) is 4. The van der Waals surface area contributed by atoms with E-state index in [2.05, 4.69) is 19.7 Å². The molecule has 7 heteroatoms. The van der Waals surface area contributed by atoms with Gasteiger partial charge in [-0.2, -0.15) is 0 Å². The largest absolute Gasteiger partial charge is 0.497 e. The van der Waals surface area contributed by atoms with Crippen molar-refractivity contribution in [3.63, 3.8) is 0 Å². The number of furan rings is 1. The molecule has 0 amide bonds. The molecule has 28 heavy (non-hydrogen) atoms. The van der Waals surface area contributed by atoms with E-state index in [1.807, 2.05) is 60.8 Å². The number of aryl methyl sites for hydroxylation is 1. The van der Waals surface area contributed by atoms with Crippen LogP contribution in [0.4, 0.5) is 0 Å². The minimum Gasteiger partial charge on any atom is -0.497 e. The van der Waals surface area contributed by atoms with Gasteiger partial charge in [0, 0.05) is 23.2 Å². The van der Waals surface area contributed by atoms with Crippen LogP contribution in [0.5, 0.6) is 5.75 Å². The second-order valence-corrected chi connectivity index (χ2v) is 7.18. The van der Waals surface area contributed by atoms with Gasteiger partial charge in [-0.25, -0.2) is 0 Å². The van der Waals surface area contributed by atoms with Gasteiger partial charge in [-0.1, -0.05) is 17.8 Å². The number of hydrogen-bond donors (Lipinski definition) is 0. The van der Waals surface area contributed by atoms with Crippen LogP contribution in [-0.2, 0) is 13.0 Å². The van der Waals surface area contributed by atoms with Crippen molar-refractivity contribution in [1.82, 2.24) is 19.7 Å². The van der Waals surface area contributed by atoms with Crippen molar-refractivity contribution in [3.05, 3.63) is 78.5 Å². The fraction of sp³-hybridized carbons (Fsp3) is 0.190. The van der Waals surface area contributed by atoms with Crippen LogP contribution >= 0.6 is 11.8 Å². The Kier molecular flexibility index (Phi) is 5.72. The SMILES string of the molecule is COc1ccc(-c2nnc(SCCc3ccccn3)n2Cc2ccco2)cc1. The first-order valence-corrected chi connectivity index (χ1v) is 9.95. The second-order valence-electron chi connectivity index (χ2n) is 6.12. The molecular weight excluding hydrogens is 372 g/mol. The van der Waals surface area contributed by atoms with E-state index in [4.69, 9.17) is 9.15 Å². The molecule has 0 spiro atoms. The molecular formula is C21H20N4O2S. The summed E-state index contributed by atoms with van der Waals surface area (Å²) in [7, 11) is 1.66. The van der Waals surface area contributed by atoms with Crippen LogP contribution in [0.2, 0.25) is 0 Å². The summed E-state index contributed by atoms with van der Waals surface area (Å²) in [5.74, 6) is 3.35. The molecule has 0 aliphatic rings. The molecule has 0 aliphatic carbocycles. The van der Waals surface area contributed by atoms with Gasteiger partial charge < -0.3 is 9.15 Å². The molecule has 0 fully saturated rings. The highest BCUT2D eigenvalue weighted by atomic mass is 32.2. The average Bonchev–Trinajstić information content (AvgIpc) is 3.40. The van der Waals surface area contributed by atoms with Crippen LogP contribution in [0.25, 0.3) is 11.4 Å². The number of methoxy groups -OCH3 is 1. The van der Waals surface area contributed by atoms with E-state index in [0.29, 0.717) is 6.54 Å². The summed E-state index contributed by atoms with van der Waals surface area (Å²) >= 11 is 1.67. The van der Waals surface area contributed by atoms with E-state index in [-0.39, 0.29) is 0 Å². The molecule has 0 N–H and O–H groups in total. The molecule has 6 nitrogen and oxygen atoms in total. The lowest BCUT2D eigenvalue weighted by Crippen LogP contribution is -2.04. The van der Waals surface area contributed by atoms with Gasteiger partial charge in [0.2, 0.25) is 0 Å². The molecule has 0 unspecified atom stereocenters. The molecule has 0 saturated heterocycles. The van der Waals surface area contributed by atoms with Gasteiger partial charge in [0.25, 0.3) is 0 Å². The van der Waals surface area contributed by atoms with Crippen LogP contribution in [0, 0.1) is 0 Å². The van der Waals surface area contributed by atoms with Gasteiger partial charge in [-0.05, 0) is 55.0 Å². The molecule has 3 heterocycles. The Morgan fingerprint density at radius 2 is 1.93 bits per heavy atom. The van der Waals surface area contributed by atoms with E-state index in [0.717, 1.165) is 45.9 Å². The third-order valence-corrected chi connectivity index (χ3v) is 5.24. The van der Waals surface area contributed by atoms with Gasteiger partial charge in [-0.15, -0.1) is 10.2 Å². The van der Waals surface area contributed by atoms with Crippen LogP contribution < -0.4 is 4.74 Å². The first-order valence-electron chi connectivity index (χ1n) is 8.96. The highest BCUT2D eigenvalue weighted by Crippen LogP contribution is 2.27. The lowest BCUT2D eigenvalue weighted by atomic mass is 10.2. The van der Waals surface area contributed by atoms with Crippen molar-refractivity contribution in [3.8, 4) is 17.1 Å². The Morgan fingerprint density at radius 1 is 1.04 bits per heavy atom. The fourth-order valence-corrected chi connectivity index (χ4v) is 3.74. The standard InChI is InChI=1S/C21H20N4O2S/c1-26-18-9-7-16(8-10-18)20-23-24-21(25(20)15-19-6-4-13-27-19)28-14-11-17-5-2-3-12-22-17/h2-10,12-13H,11,14-15H2,1H3. The number of ether oxygens (including phenoxy) is 1. The lowest BCUT2D eigenvalue weighted by Gasteiger charge is -2.09. The highest BCUT2D eigenvalue weighted by molar-refractivity contribution is 7.99. The Morgan fingerprint density at radius 3 is 2.64 bits per heavy atom. The summed E-state index contributed by atoms with van der Waals surface area (Å²) in [4.78, 5) is 4.38. The van der Waals surface area contributed by atoms with Crippen LogP contribution in [0.3, 0.4) is 0 Å². The Labute approximate surface area is 167 Å². The van der Waals surface area contributed by atoms with Gasteiger partial charge in [0.15, 0.2) is 11.0 Å². The molecule has 4 aromatic rings. The van der Waals surface area contributed by atoms with Crippen molar-refractivity contribution < 1.29 is 9.15 Å². The number of thioether (sulfide) groups is 1. The third kappa shape index (κ3) is 4.26. The van der Waals surface area contributed by atoms with Gasteiger partial charge in [0.1, 0.15) is 11.5 Å². The molecule has 0 atom stereocenters. The molecule has 142 valence electrons. The maximum atomic E-state index is 5.55. The average molecular weight is 392 g/mol. The maximum Gasteiger partial charge on any atom is 0.191 e. The fourth-order valence-electron chi connectivity index (χ4n) is 2.84. The third-order valence-electron chi connectivity index (χ3n) is 4.27. The number of rotatable bonds is 8. The zero-order valence-electron chi connectivity index (χ0n) is 15.5. The summed E-state index contributed by atoms with van der Waals surface area (Å²) in [5, 5.41) is 9.73. The predicted molar refractivity (Wildman–Crippen MR) is 108 cm³/mol. The van der Waals surface area contributed by atoms with Gasteiger partial charge in [0.05, 0.1) is 19.9 Å². The monoisotopic (exact) mass is 392 g/mol. The van der Waals surface area contributed by atoms with Crippen LogP contribution in [0.15, 0.2) is 76.6 Å². The van der Waals surface area contributed by atoms with Crippen molar-refractivity contribution in [2.24, 2.45) is 0 Å². The first kappa shape index (κ1) is 18.3. The van der Waals surface area contributed by atoms with E-state index in [9.17, 15) is 0 Å². The summed E-state index contributed by atoms with van der Waals surface area (Å²) in [6, 6.07) is 17.7. The van der Waals surface area contributed by atoms with E-state index >= 15 is 0 Å². The summed E-state index contributed by atoms with van der Waals surface area (Å²) in [6.45, 7) is 0.577. The second kappa shape index (κ2) is 8.75. The predicted octanol–water partition coefficient (Wildman–Crippen LogP) is 4.32. The van der Waals surface area contributed by atoms with Gasteiger partial charge >= 0.3 is 0 Å². The number of benzene rings is 1. The van der Waals surface area contributed by atoms with E-state index in [1.165, 1.54) is 0 Å². The van der Waals surface area contributed by atoms with Crippen molar-refractivity contribution >= 4 is 11.8 Å². The van der Waals surface area contributed by atoms with E-state index < -0.39 is 0 Å². The molecule has 1 aromatic carbocycles. The van der Waals surface area contributed by atoms with Crippen LogP contribution in [-0.4, -0.2) is 32.6 Å². The molecule has 0 aliphatic heterocycles. The maximum absolute atomic E-state index is 5.55. The molecule has 0 bridgehead atoms. The Balaban J connectivity index is 1.57. The minimum atomic E-state index is 0.577. The topological polar surface area (TPSA) is 66.0 Å². The molecule has 0 saturated carbocycles. The zero-order valence-corrected chi connectivity index (χ0v) is 16.3. The van der Waals surface area contributed by atoms with Gasteiger partial charge in [-0.3, -0.25) is 9.55 Å². The zero-order chi connectivity index (χ0) is 19.2. The van der Waals surface area contributed by atoms with Crippen molar-refractivity contribution in [2.45, 2.75) is 18.1 Å². The quantitative estimate of drug-likeness (QED) is 0.416. The molecule has 3 aromatic heterocycles. The number of pyridine rings is 1. The summed E-state index contributed by atoms with van der Waals surface area (Å²) < 4.78 is 12.9. The van der Waals surface area contributed by atoms with Crippen molar-refractivity contribution in [1.29, 1.82) is 0 Å². The van der Waals surface area contributed by atoms with E-state index in [1.54, 1.807) is 25.1 Å². The van der Waals surface area contributed by atoms with Crippen LogP contribution in [0.1, 0.15) is 11.5 Å². The highest BCUT2D eigenvalue weighted by Gasteiger charge is 2.16. The summed E-state index contributed by atoms with van der Waals surface area (Å²) in [6.07, 6.45) is 4.37. The minimum absolute atomic E-state index is 0.577. The normalized spacial score (nSPS) is 10.9. The first-order chi connectivity index (χ1) is 13.8. The summed E-state index contributed by atoms with van der Waals surface area (Å²) in [5.41, 5.74) is 2.05. The smallest absolute Gasteiger partial charge is 0.191 e. The lowest BCUT2D eigenvalue weighted by molar-refractivity contribution is 0.415. The molecule has 0 radical (unpaired) electrons. The van der Waals surface area contributed by atoms with Crippen molar-refractivity contribution in [2.75, 3.05) is 12.9 Å². The Bertz CT molecular complexity index is 999. The number of hydrogen-bond acceptors (Lipinski definition) is 6. The number of aromatic nitrogens is 4.